The van der Waals surface area contributed by atoms with Gasteiger partial charge in [0.25, 0.3) is 0 Å². The fraction of sp³-hybridized carbons (Fsp3) is 0.0545. The van der Waals surface area contributed by atoms with Crippen LogP contribution in [0.15, 0.2) is 206 Å². The first-order chi connectivity index (χ1) is 28.1. The molecule has 0 radical (unpaired) electrons. The zero-order chi connectivity index (χ0) is 38.1. The van der Waals surface area contributed by atoms with Gasteiger partial charge in [-0.1, -0.05) is 166 Å². The summed E-state index contributed by atoms with van der Waals surface area (Å²) in [6.07, 6.45) is 0. The van der Waals surface area contributed by atoms with Crippen LogP contribution in [-0.4, -0.2) is 4.57 Å². The molecule has 1 aromatic heterocycles. The Morgan fingerprint density at radius 3 is 1.82 bits per heavy atom. The second-order valence-electron chi connectivity index (χ2n) is 15.7. The fourth-order valence-electron chi connectivity index (χ4n) is 9.52. The van der Waals surface area contributed by atoms with E-state index in [2.05, 4.69) is 230 Å². The summed E-state index contributed by atoms with van der Waals surface area (Å²) in [5.74, 6) is 0. The monoisotopic (exact) mass is 728 g/mol. The lowest BCUT2D eigenvalue weighted by atomic mass is 9.82. The lowest BCUT2D eigenvalue weighted by Crippen LogP contribution is -2.16. The molecular weight excluding hydrogens is 689 g/mol. The summed E-state index contributed by atoms with van der Waals surface area (Å²) >= 11 is 0. The molecule has 2 nitrogen and oxygen atoms in total. The van der Waals surface area contributed by atoms with Crippen molar-refractivity contribution in [1.29, 1.82) is 0 Å². The number of rotatable bonds is 6. The number of anilines is 3. The molecule has 0 fully saturated rings. The van der Waals surface area contributed by atoms with E-state index in [1.54, 1.807) is 0 Å². The highest BCUT2D eigenvalue weighted by atomic mass is 15.1. The van der Waals surface area contributed by atoms with Gasteiger partial charge in [0.1, 0.15) is 0 Å². The van der Waals surface area contributed by atoms with Gasteiger partial charge >= 0.3 is 0 Å². The van der Waals surface area contributed by atoms with E-state index < -0.39 is 0 Å². The van der Waals surface area contributed by atoms with Crippen LogP contribution < -0.4 is 4.90 Å². The second-order valence-corrected chi connectivity index (χ2v) is 15.7. The van der Waals surface area contributed by atoms with Gasteiger partial charge in [-0.2, -0.15) is 0 Å². The highest BCUT2D eigenvalue weighted by Gasteiger charge is 2.35. The van der Waals surface area contributed by atoms with Crippen molar-refractivity contribution in [3.8, 4) is 39.1 Å². The third kappa shape index (κ3) is 5.18. The first-order valence-electron chi connectivity index (χ1n) is 19.9. The minimum atomic E-state index is -0.0830. The maximum atomic E-state index is 2.46. The number of nitrogens with zero attached hydrogens (tertiary/aromatic N) is 2. The molecule has 1 aliphatic carbocycles. The van der Waals surface area contributed by atoms with Gasteiger partial charge in [0.2, 0.25) is 0 Å². The van der Waals surface area contributed by atoms with Crippen LogP contribution in [0.1, 0.15) is 25.0 Å². The Bertz CT molecular complexity index is 3140. The Balaban J connectivity index is 1.04. The lowest BCUT2D eigenvalue weighted by molar-refractivity contribution is 0.660. The molecule has 0 aliphatic heterocycles. The average molecular weight is 729 g/mol. The molecule has 0 N–H and O–H groups in total. The molecular formula is C55H40N2. The Morgan fingerprint density at radius 2 is 0.965 bits per heavy atom. The summed E-state index contributed by atoms with van der Waals surface area (Å²) < 4.78 is 2.46. The molecule has 0 atom stereocenters. The summed E-state index contributed by atoms with van der Waals surface area (Å²) in [7, 11) is 0. The number of hydrogen-bond acceptors (Lipinski definition) is 1. The van der Waals surface area contributed by atoms with Crippen LogP contribution in [0.4, 0.5) is 17.1 Å². The zero-order valence-corrected chi connectivity index (χ0v) is 32.0. The van der Waals surface area contributed by atoms with Crippen molar-refractivity contribution in [3.05, 3.63) is 217 Å². The largest absolute Gasteiger partial charge is 0.310 e. The normalized spacial score (nSPS) is 12.9. The summed E-state index contributed by atoms with van der Waals surface area (Å²) in [6, 6.07) is 75.5. The number of hydrogen-bond donors (Lipinski definition) is 0. The number of fused-ring (bicyclic) bond motifs is 7. The van der Waals surface area contributed by atoms with Crippen LogP contribution in [0.25, 0.3) is 71.6 Å². The summed E-state index contributed by atoms with van der Waals surface area (Å²) in [5.41, 5.74) is 17.2. The number of benzene rings is 9. The molecule has 0 bridgehead atoms. The minimum absolute atomic E-state index is 0.0830. The average Bonchev–Trinajstić information content (AvgIpc) is 3.72. The SMILES string of the molecule is CC1(C)c2ccccc2-c2ccc(N(c3ccccc3)c3ccc(-c4ccccc4-n4c5ccccc5c5c(-c6cccc7ccccc67)cccc54)cc3)cc21. The Hall–Kier alpha value is -7.16. The van der Waals surface area contributed by atoms with E-state index in [0.29, 0.717) is 0 Å². The lowest BCUT2D eigenvalue weighted by Gasteiger charge is -2.28. The smallest absolute Gasteiger partial charge is 0.0547 e. The van der Waals surface area contributed by atoms with Crippen molar-refractivity contribution in [1.82, 2.24) is 4.57 Å². The molecule has 0 amide bonds. The van der Waals surface area contributed by atoms with E-state index in [9.17, 15) is 0 Å². The van der Waals surface area contributed by atoms with Gasteiger partial charge in [0.15, 0.2) is 0 Å². The van der Waals surface area contributed by atoms with Crippen molar-refractivity contribution in [2.75, 3.05) is 4.90 Å². The van der Waals surface area contributed by atoms with Gasteiger partial charge in [-0.15, -0.1) is 0 Å². The van der Waals surface area contributed by atoms with Crippen LogP contribution >= 0.6 is 0 Å². The maximum absolute atomic E-state index is 2.46. The van der Waals surface area contributed by atoms with Gasteiger partial charge in [-0.05, 0) is 104 Å². The van der Waals surface area contributed by atoms with E-state index in [1.165, 1.54) is 77.1 Å². The molecule has 0 saturated heterocycles. The van der Waals surface area contributed by atoms with Crippen LogP contribution in [0.2, 0.25) is 0 Å². The van der Waals surface area contributed by atoms with E-state index in [0.717, 1.165) is 22.7 Å². The van der Waals surface area contributed by atoms with Gasteiger partial charge in [0.05, 0.1) is 16.7 Å². The molecule has 57 heavy (non-hydrogen) atoms. The first kappa shape index (κ1) is 33.2. The van der Waals surface area contributed by atoms with Gasteiger partial charge < -0.3 is 9.47 Å². The van der Waals surface area contributed by atoms with Crippen molar-refractivity contribution in [3.63, 3.8) is 0 Å². The van der Waals surface area contributed by atoms with Gasteiger partial charge in [-0.25, -0.2) is 0 Å². The van der Waals surface area contributed by atoms with Crippen molar-refractivity contribution >= 4 is 49.6 Å². The van der Waals surface area contributed by atoms with Crippen molar-refractivity contribution in [2.45, 2.75) is 19.3 Å². The van der Waals surface area contributed by atoms with Gasteiger partial charge in [-0.3, -0.25) is 0 Å². The molecule has 0 unspecified atom stereocenters. The van der Waals surface area contributed by atoms with E-state index in [-0.39, 0.29) is 5.41 Å². The molecule has 1 aliphatic rings. The summed E-state index contributed by atoms with van der Waals surface area (Å²) in [6.45, 7) is 4.70. The van der Waals surface area contributed by atoms with Crippen LogP contribution in [0.3, 0.4) is 0 Å². The standard InChI is InChI=1S/C55H40N2/c1-55(2)49-26-11-8-22-45(49)46-35-34-41(36-50(46)55)56(39-18-4-3-5-19-39)40-32-30-38(31-33-40)43-21-9-12-27-51(43)57-52-28-13-10-23-48(52)54-47(25-15-29-53(54)57)44-24-14-17-37-16-6-7-20-42(37)44/h3-36H,1-2H3. The predicted octanol–water partition coefficient (Wildman–Crippen LogP) is 15.0. The molecule has 0 saturated carbocycles. The summed E-state index contributed by atoms with van der Waals surface area (Å²) in [5, 5.41) is 5.04. The topological polar surface area (TPSA) is 8.17 Å². The van der Waals surface area contributed by atoms with Crippen LogP contribution in [0.5, 0.6) is 0 Å². The predicted molar refractivity (Wildman–Crippen MR) is 241 cm³/mol. The summed E-state index contributed by atoms with van der Waals surface area (Å²) in [4.78, 5) is 2.39. The fourth-order valence-corrected chi connectivity index (χ4v) is 9.52. The Morgan fingerprint density at radius 1 is 0.386 bits per heavy atom. The second kappa shape index (κ2) is 13.0. The highest BCUT2D eigenvalue weighted by Crippen LogP contribution is 2.51. The molecule has 10 aromatic rings. The Kier molecular flexibility index (Phi) is 7.55. The first-order valence-corrected chi connectivity index (χ1v) is 19.9. The van der Waals surface area contributed by atoms with Gasteiger partial charge in [0, 0.05) is 38.8 Å². The van der Waals surface area contributed by atoms with Crippen LogP contribution in [-0.2, 0) is 5.41 Å². The minimum Gasteiger partial charge on any atom is -0.310 e. The molecule has 1 heterocycles. The Labute approximate surface area is 333 Å². The highest BCUT2D eigenvalue weighted by molar-refractivity contribution is 6.18. The maximum Gasteiger partial charge on any atom is 0.0547 e. The van der Waals surface area contributed by atoms with E-state index in [1.807, 2.05) is 0 Å². The van der Waals surface area contributed by atoms with Crippen LogP contribution in [0, 0.1) is 0 Å². The number of para-hydroxylation sites is 3. The molecule has 270 valence electrons. The zero-order valence-electron chi connectivity index (χ0n) is 32.0. The van der Waals surface area contributed by atoms with E-state index in [4.69, 9.17) is 0 Å². The number of aromatic nitrogens is 1. The third-order valence-electron chi connectivity index (χ3n) is 12.2. The molecule has 9 aromatic carbocycles. The van der Waals surface area contributed by atoms with Crippen molar-refractivity contribution in [2.24, 2.45) is 0 Å². The third-order valence-corrected chi connectivity index (χ3v) is 12.2. The quantitative estimate of drug-likeness (QED) is 0.165. The molecule has 2 heteroatoms. The van der Waals surface area contributed by atoms with E-state index >= 15 is 0 Å². The van der Waals surface area contributed by atoms with Crippen molar-refractivity contribution < 1.29 is 0 Å². The molecule has 11 rings (SSSR count). The molecule has 0 spiro atoms.